The number of piperidine rings is 1. The lowest BCUT2D eigenvalue weighted by Crippen LogP contribution is -2.45. The smallest absolute Gasteiger partial charge is 0.410 e. The lowest BCUT2D eigenvalue weighted by atomic mass is 9.93. The number of imidazole rings is 1. The summed E-state index contributed by atoms with van der Waals surface area (Å²) in [4.78, 5) is 55.7. The second kappa shape index (κ2) is 14.2. The minimum atomic E-state index is -4.23. The molecule has 0 aliphatic carbocycles. The van der Waals surface area contributed by atoms with Crippen LogP contribution in [0.2, 0.25) is 0 Å². The predicted octanol–water partition coefficient (Wildman–Crippen LogP) is 7.18. The van der Waals surface area contributed by atoms with Crippen LogP contribution >= 0.6 is 0 Å². The number of aromatic nitrogens is 4. The first-order chi connectivity index (χ1) is 26.3. The van der Waals surface area contributed by atoms with Crippen molar-refractivity contribution in [1.82, 2.24) is 24.4 Å². The van der Waals surface area contributed by atoms with E-state index in [2.05, 4.69) is 21.6 Å². The number of amides is 1. The number of fused-ring (bicyclic) bond motifs is 4. The first-order valence-electron chi connectivity index (χ1n) is 18.6. The van der Waals surface area contributed by atoms with Gasteiger partial charge in [0.1, 0.15) is 34.4 Å². The van der Waals surface area contributed by atoms with Gasteiger partial charge in [-0.1, -0.05) is 31.2 Å². The molecule has 14 nitrogen and oxygen atoms in total. The fourth-order valence-corrected chi connectivity index (χ4v) is 7.43. The van der Waals surface area contributed by atoms with E-state index in [9.17, 15) is 14.4 Å². The number of halogens is 2. The average Bonchev–Trinajstić information content (AvgIpc) is 3.83. The highest BCUT2D eigenvalue weighted by molar-refractivity contribution is 6.06. The van der Waals surface area contributed by atoms with Gasteiger partial charge in [0, 0.05) is 30.9 Å². The van der Waals surface area contributed by atoms with Crippen molar-refractivity contribution < 1.29 is 46.5 Å². The van der Waals surface area contributed by atoms with E-state index in [1.807, 2.05) is 49.6 Å². The van der Waals surface area contributed by atoms with Crippen molar-refractivity contribution in [3.63, 3.8) is 0 Å². The first-order valence-corrected chi connectivity index (χ1v) is 18.6. The molecule has 1 amide bonds. The van der Waals surface area contributed by atoms with Crippen molar-refractivity contribution >= 4 is 57.0 Å². The summed E-state index contributed by atoms with van der Waals surface area (Å²) in [6.45, 7) is 13.6. The Balaban J connectivity index is 1.28. The number of rotatable bonds is 7. The van der Waals surface area contributed by atoms with Gasteiger partial charge >= 0.3 is 24.0 Å². The Morgan fingerprint density at radius 2 is 1.59 bits per heavy atom. The second-order valence-electron chi connectivity index (χ2n) is 16.4. The van der Waals surface area contributed by atoms with E-state index in [0.717, 1.165) is 12.6 Å². The maximum absolute atomic E-state index is 15.6. The lowest BCUT2D eigenvalue weighted by molar-refractivity contribution is -0.171. The van der Waals surface area contributed by atoms with E-state index in [1.54, 1.807) is 49.9 Å². The van der Waals surface area contributed by atoms with Crippen LogP contribution in [-0.4, -0.2) is 92.5 Å². The number of hydrogen-bond donors (Lipinski definition) is 0. The minimum Gasteiger partial charge on any atom is -0.464 e. The monoisotopic (exact) mass is 776 g/mol. The molecule has 0 spiro atoms. The van der Waals surface area contributed by atoms with Gasteiger partial charge in [-0.2, -0.15) is 13.8 Å². The maximum atomic E-state index is 15.6. The number of para-hydroxylation sites is 3. The van der Waals surface area contributed by atoms with Crippen molar-refractivity contribution in [1.29, 1.82) is 0 Å². The third kappa shape index (κ3) is 7.40. The Kier molecular flexibility index (Phi) is 9.82. The largest absolute Gasteiger partial charge is 0.464 e. The standard InChI is InChI=1S/C40H46F2N6O8/c1-22-20-46(37(51)56-39(5,6)7)18-17-26(22)48-27-15-11-10-14-25(27)43-36(48)53-23-19-28(33(49)55-38(2,3)4)47(21-23)32-31-30(24-13-9-12-16-29(24)54-31)44-34(45-32)40(41,42)35(50)52-8/h9-16,22-23,26,28H,17-21H2,1-8H3/t22-,23-,26-,28-/m0/s1. The molecule has 0 bridgehead atoms. The Morgan fingerprint density at radius 3 is 2.29 bits per heavy atom. The number of ether oxygens (including phenoxy) is 4. The zero-order valence-electron chi connectivity index (χ0n) is 32.7. The summed E-state index contributed by atoms with van der Waals surface area (Å²) in [7, 11) is 0.849. The molecule has 2 aromatic carbocycles. The van der Waals surface area contributed by atoms with Gasteiger partial charge in [-0.25, -0.2) is 24.4 Å². The van der Waals surface area contributed by atoms with Crippen molar-refractivity contribution in [3.8, 4) is 6.01 Å². The number of carbonyl (C=O) groups excluding carboxylic acids is 3. The molecule has 0 unspecified atom stereocenters. The molecule has 2 saturated heterocycles. The molecule has 4 atom stereocenters. The van der Waals surface area contributed by atoms with E-state index in [1.165, 1.54) is 4.90 Å². The van der Waals surface area contributed by atoms with Crippen LogP contribution in [0, 0.1) is 5.92 Å². The Bertz CT molecular complexity index is 2310. The van der Waals surface area contributed by atoms with Gasteiger partial charge in [0.2, 0.25) is 5.82 Å². The van der Waals surface area contributed by atoms with E-state index >= 15 is 8.78 Å². The number of nitrogens with zero attached hydrogens (tertiary/aromatic N) is 6. The molecular weight excluding hydrogens is 730 g/mol. The first kappa shape index (κ1) is 38.7. The third-order valence-corrected chi connectivity index (χ3v) is 9.82. The lowest BCUT2D eigenvalue weighted by Gasteiger charge is -2.38. The van der Waals surface area contributed by atoms with E-state index < -0.39 is 47.0 Å². The molecule has 7 rings (SSSR count). The van der Waals surface area contributed by atoms with Gasteiger partial charge in [0.05, 0.1) is 24.7 Å². The SMILES string of the molecule is COC(=O)C(F)(F)c1nc(N2C[C@@H](Oc3nc4ccccc4n3[C@H]3CCN(C(=O)OC(C)(C)C)C[C@@H]3C)C[C@H]2C(=O)OC(C)(C)C)c2oc3ccccc3c2n1. The van der Waals surface area contributed by atoms with Gasteiger partial charge in [0.15, 0.2) is 11.4 Å². The average molecular weight is 777 g/mol. The highest BCUT2D eigenvalue weighted by Crippen LogP contribution is 2.41. The molecule has 5 heterocycles. The number of alkyl halides is 2. The zero-order chi connectivity index (χ0) is 40.3. The summed E-state index contributed by atoms with van der Waals surface area (Å²) >= 11 is 0. The van der Waals surface area contributed by atoms with Crippen LogP contribution in [0.25, 0.3) is 33.1 Å². The fourth-order valence-electron chi connectivity index (χ4n) is 7.43. The Labute approximate surface area is 322 Å². The number of esters is 2. The number of methoxy groups -OCH3 is 1. The summed E-state index contributed by atoms with van der Waals surface area (Å²) in [5, 5.41) is 0.412. The highest BCUT2D eigenvalue weighted by Gasteiger charge is 2.49. The fraction of sp³-hybridized carbons (Fsp3) is 0.500. The highest BCUT2D eigenvalue weighted by atomic mass is 19.3. The molecule has 2 aliphatic rings. The molecule has 298 valence electrons. The van der Waals surface area contributed by atoms with Crippen LogP contribution in [0.1, 0.15) is 73.2 Å². The number of carbonyl (C=O) groups is 3. The van der Waals surface area contributed by atoms with E-state index in [0.29, 0.717) is 42.0 Å². The van der Waals surface area contributed by atoms with Crippen LogP contribution in [0.3, 0.4) is 0 Å². The van der Waals surface area contributed by atoms with Gasteiger partial charge in [0.25, 0.3) is 6.01 Å². The molecule has 0 saturated carbocycles. The summed E-state index contributed by atoms with van der Waals surface area (Å²) in [6, 6.07) is 13.5. The van der Waals surface area contributed by atoms with Crippen LogP contribution in [0.5, 0.6) is 6.01 Å². The summed E-state index contributed by atoms with van der Waals surface area (Å²) in [5.74, 6) is -7.98. The van der Waals surface area contributed by atoms with Crippen molar-refractivity contribution in [2.24, 2.45) is 5.92 Å². The molecule has 0 N–H and O–H groups in total. The molecule has 56 heavy (non-hydrogen) atoms. The zero-order valence-corrected chi connectivity index (χ0v) is 32.7. The summed E-state index contributed by atoms with van der Waals surface area (Å²) in [5.41, 5.74) is 0.432. The van der Waals surface area contributed by atoms with Crippen LogP contribution in [-0.2, 0) is 29.7 Å². The molecule has 16 heteroatoms. The number of hydrogen-bond acceptors (Lipinski definition) is 12. The van der Waals surface area contributed by atoms with Gasteiger partial charge < -0.3 is 33.2 Å². The number of likely N-dealkylation sites (tertiary alicyclic amines) is 1. The minimum absolute atomic E-state index is 0.0217. The van der Waals surface area contributed by atoms with Gasteiger partial charge in [-0.3, -0.25) is 4.57 Å². The summed E-state index contributed by atoms with van der Waals surface area (Å²) < 4.78 is 62.0. The van der Waals surface area contributed by atoms with Crippen molar-refractivity contribution in [2.45, 2.75) is 96.6 Å². The normalized spacial score (nSPS) is 20.8. The maximum Gasteiger partial charge on any atom is 0.410 e. The molecular formula is C40H46F2N6O8. The molecule has 0 radical (unpaired) electrons. The topological polar surface area (TPSA) is 151 Å². The molecule has 2 aliphatic heterocycles. The van der Waals surface area contributed by atoms with E-state index in [-0.39, 0.29) is 47.9 Å². The Hall–Kier alpha value is -5.54. The number of furan rings is 1. The molecule has 2 fully saturated rings. The molecule has 3 aromatic heterocycles. The van der Waals surface area contributed by atoms with Gasteiger partial charge in [-0.05, 0) is 78.1 Å². The summed E-state index contributed by atoms with van der Waals surface area (Å²) in [6.07, 6.45) is -0.431. The second-order valence-corrected chi connectivity index (χ2v) is 16.4. The quantitative estimate of drug-likeness (QED) is 0.122. The number of benzene rings is 2. The number of anilines is 1. The Morgan fingerprint density at radius 1 is 0.893 bits per heavy atom. The van der Waals surface area contributed by atoms with Crippen molar-refractivity contribution in [2.75, 3.05) is 31.6 Å². The third-order valence-electron chi connectivity index (χ3n) is 9.82. The van der Waals surface area contributed by atoms with Crippen LogP contribution in [0.15, 0.2) is 52.9 Å². The molecule has 5 aromatic rings. The predicted molar refractivity (Wildman–Crippen MR) is 202 cm³/mol. The van der Waals surface area contributed by atoms with E-state index in [4.69, 9.17) is 23.6 Å². The van der Waals surface area contributed by atoms with Crippen molar-refractivity contribution in [3.05, 3.63) is 54.4 Å². The van der Waals surface area contributed by atoms with Gasteiger partial charge in [-0.15, -0.1) is 0 Å². The van der Waals surface area contributed by atoms with Crippen LogP contribution in [0.4, 0.5) is 19.4 Å². The van der Waals surface area contributed by atoms with Crippen LogP contribution < -0.4 is 9.64 Å².